The number of aromatic nitrogens is 1. The smallest absolute Gasteiger partial charge is 0.408 e. The van der Waals surface area contributed by atoms with Crippen LogP contribution in [0.1, 0.15) is 43.4 Å². The molecular weight excluding hydrogens is 480 g/mol. The van der Waals surface area contributed by atoms with E-state index in [1.54, 1.807) is 39.0 Å². The second-order valence-electron chi connectivity index (χ2n) is 8.97. The van der Waals surface area contributed by atoms with E-state index in [2.05, 4.69) is 15.6 Å². The highest BCUT2D eigenvalue weighted by molar-refractivity contribution is 6.03. The van der Waals surface area contributed by atoms with Crippen LogP contribution >= 0.6 is 0 Å². The Morgan fingerprint density at radius 1 is 1.08 bits per heavy atom. The number of amides is 2. The lowest BCUT2D eigenvalue weighted by molar-refractivity contribution is -0.139. The average molecular weight is 507 g/mol. The molecule has 2 amide bonds. The quantitative estimate of drug-likeness (QED) is 0.355. The van der Waals surface area contributed by atoms with E-state index in [9.17, 15) is 29.9 Å². The van der Waals surface area contributed by atoms with Crippen LogP contribution in [0.4, 0.5) is 4.79 Å². The molecule has 37 heavy (non-hydrogen) atoms. The molecule has 3 aromatic rings. The van der Waals surface area contributed by atoms with Crippen molar-refractivity contribution in [1.82, 2.24) is 15.6 Å². The third kappa shape index (κ3) is 7.08. The third-order valence-corrected chi connectivity index (χ3v) is 4.96. The van der Waals surface area contributed by atoms with Gasteiger partial charge >= 0.3 is 12.1 Å². The number of fused-ring (bicyclic) bond motifs is 1. The second kappa shape index (κ2) is 11.3. The van der Waals surface area contributed by atoms with Gasteiger partial charge in [-0.15, -0.1) is 0 Å². The predicted octanol–water partition coefficient (Wildman–Crippen LogP) is 3.70. The summed E-state index contributed by atoms with van der Waals surface area (Å²) in [5.41, 5.74) is -1.31. The molecule has 1 unspecified atom stereocenters. The molecule has 192 valence electrons. The van der Waals surface area contributed by atoms with Gasteiger partial charge in [-0.25, -0.2) is 14.6 Å². The number of carboxylic acids is 1. The molecule has 0 radical (unpaired) electrons. The second-order valence-corrected chi connectivity index (χ2v) is 8.97. The van der Waals surface area contributed by atoms with Crippen LogP contribution in [0.2, 0.25) is 0 Å². The van der Waals surface area contributed by atoms with Gasteiger partial charge in [0.05, 0.1) is 0 Å². The molecule has 0 aliphatic carbocycles. The summed E-state index contributed by atoms with van der Waals surface area (Å²) in [6.45, 7) is 4.74. The number of aliphatic carboxylic acids is 1. The van der Waals surface area contributed by atoms with Crippen molar-refractivity contribution >= 4 is 28.7 Å². The molecule has 2 aromatic carbocycles. The Bertz CT molecular complexity index is 1360. The molecule has 1 aromatic heterocycles. The van der Waals surface area contributed by atoms with Crippen LogP contribution in [0.15, 0.2) is 48.5 Å². The maximum atomic E-state index is 12.7. The zero-order valence-corrected chi connectivity index (χ0v) is 20.4. The molecule has 0 saturated heterocycles. The first-order valence-corrected chi connectivity index (χ1v) is 11.3. The zero-order valence-electron chi connectivity index (χ0n) is 20.4. The highest BCUT2D eigenvalue weighted by Gasteiger charge is 2.25. The highest BCUT2D eigenvalue weighted by Crippen LogP contribution is 2.33. The van der Waals surface area contributed by atoms with Gasteiger partial charge in [-0.2, -0.15) is 5.26 Å². The van der Waals surface area contributed by atoms with Crippen molar-refractivity contribution < 1.29 is 34.1 Å². The van der Waals surface area contributed by atoms with Crippen LogP contribution < -0.4 is 15.4 Å². The van der Waals surface area contributed by atoms with Crippen LogP contribution in [0.3, 0.4) is 0 Å². The van der Waals surface area contributed by atoms with E-state index in [0.717, 1.165) is 0 Å². The fourth-order valence-electron chi connectivity index (χ4n) is 3.33. The largest absolute Gasteiger partial charge is 0.505 e. The van der Waals surface area contributed by atoms with Gasteiger partial charge < -0.3 is 30.3 Å². The summed E-state index contributed by atoms with van der Waals surface area (Å²) in [7, 11) is 0. The number of hydrogen-bond donors (Lipinski definition) is 4. The van der Waals surface area contributed by atoms with Gasteiger partial charge in [-0.1, -0.05) is 18.2 Å². The molecule has 1 heterocycles. The van der Waals surface area contributed by atoms with Gasteiger partial charge in [0.25, 0.3) is 5.91 Å². The van der Waals surface area contributed by atoms with Crippen LogP contribution in [0, 0.1) is 11.3 Å². The lowest BCUT2D eigenvalue weighted by atomic mass is 10.1. The van der Waals surface area contributed by atoms with E-state index in [0.29, 0.717) is 11.5 Å². The molecule has 0 aliphatic rings. The highest BCUT2D eigenvalue weighted by atomic mass is 16.6. The normalized spacial score (nSPS) is 11.7. The number of carbonyl (C=O) groups excluding carboxylic acids is 2. The number of carbonyl (C=O) groups is 3. The number of alkyl carbamates (subject to hydrolysis) is 1. The summed E-state index contributed by atoms with van der Waals surface area (Å²) in [5, 5.41) is 34.9. The summed E-state index contributed by atoms with van der Waals surface area (Å²) >= 11 is 0. The van der Waals surface area contributed by atoms with E-state index in [-0.39, 0.29) is 29.4 Å². The Kier molecular flexibility index (Phi) is 8.14. The average Bonchev–Trinajstić information content (AvgIpc) is 2.83. The summed E-state index contributed by atoms with van der Waals surface area (Å²) in [4.78, 5) is 40.1. The fraction of sp³-hybridized carbons (Fsp3) is 0.269. The minimum Gasteiger partial charge on any atom is -0.505 e. The molecule has 0 aliphatic heterocycles. The molecule has 3 rings (SSSR count). The summed E-state index contributed by atoms with van der Waals surface area (Å²) in [6.07, 6.45) is -1.07. The molecule has 11 nitrogen and oxygen atoms in total. The van der Waals surface area contributed by atoms with Crippen molar-refractivity contribution in [3.8, 4) is 23.3 Å². The minimum absolute atomic E-state index is 0.105. The lowest BCUT2D eigenvalue weighted by Gasteiger charge is -2.22. The fourth-order valence-corrected chi connectivity index (χ4v) is 3.33. The Morgan fingerprint density at radius 3 is 2.41 bits per heavy atom. The maximum absolute atomic E-state index is 12.7. The number of benzene rings is 2. The summed E-state index contributed by atoms with van der Waals surface area (Å²) in [5.74, 6) is -1.59. The van der Waals surface area contributed by atoms with Crippen LogP contribution in [-0.2, 0) is 9.53 Å². The van der Waals surface area contributed by atoms with Crippen molar-refractivity contribution in [2.75, 3.05) is 6.54 Å². The minimum atomic E-state index is -1.33. The van der Waals surface area contributed by atoms with Gasteiger partial charge in [0.2, 0.25) is 0 Å². The van der Waals surface area contributed by atoms with Crippen molar-refractivity contribution in [3.05, 3.63) is 59.9 Å². The van der Waals surface area contributed by atoms with Crippen molar-refractivity contribution in [1.29, 1.82) is 5.26 Å². The number of ether oxygens (including phenoxy) is 2. The molecule has 0 fully saturated rings. The number of nitriles is 1. The van der Waals surface area contributed by atoms with Crippen LogP contribution in [0.25, 0.3) is 10.8 Å². The third-order valence-electron chi connectivity index (χ3n) is 4.96. The maximum Gasteiger partial charge on any atom is 0.408 e. The summed E-state index contributed by atoms with van der Waals surface area (Å²) < 4.78 is 10.8. The molecule has 4 N–H and O–H groups in total. The molecule has 1 atom stereocenters. The predicted molar refractivity (Wildman–Crippen MR) is 132 cm³/mol. The van der Waals surface area contributed by atoms with E-state index in [1.807, 2.05) is 24.3 Å². The Labute approximate surface area is 212 Å². The van der Waals surface area contributed by atoms with Crippen molar-refractivity contribution in [2.24, 2.45) is 0 Å². The first kappa shape index (κ1) is 26.7. The Morgan fingerprint density at radius 2 is 1.78 bits per heavy atom. The molecular formula is C26H26N4O7. The van der Waals surface area contributed by atoms with E-state index in [1.165, 1.54) is 12.1 Å². The topological polar surface area (TPSA) is 171 Å². The van der Waals surface area contributed by atoms with Gasteiger partial charge in [0.15, 0.2) is 11.4 Å². The Hall–Kier alpha value is -4.85. The number of hydrogen-bond acceptors (Lipinski definition) is 8. The first-order chi connectivity index (χ1) is 17.5. The number of aromatic hydroxyl groups is 1. The number of nitrogens with zero attached hydrogens (tertiary/aromatic N) is 2. The van der Waals surface area contributed by atoms with Crippen molar-refractivity contribution in [3.63, 3.8) is 0 Å². The number of para-hydroxylation sites is 1. The molecule has 11 heteroatoms. The van der Waals surface area contributed by atoms with Gasteiger partial charge in [0.1, 0.15) is 34.9 Å². The van der Waals surface area contributed by atoms with E-state index in [4.69, 9.17) is 9.47 Å². The lowest BCUT2D eigenvalue weighted by Crippen LogP contribution is -2.45. The number of rotatable bonds is 8. The number of pyridine rings is 1. The van der Waals surface area contributed by atoms with E-state index >= 15 is 0 Å². The van der Waals surface area contributed by atoms with Crippen molar-refractivity contribution in [2.45, 2.75) is 38.8 Å². The zero-order chi connectivity index (χ0) is 27.2. The van der Waals surface area contributed by atoms with Gasteiger partial charge in [-0.3, -0.25) is 4.79 Å². The first-order valence-electron chi connectivity index (χ1n) is 11.3. The van der Waals surface area contributed by atoms with Gasteiger partial charge in [-0.05, 0) is 57.5 Å². The number of carboxylic acid groups (broad SMARTS) is 1. The van der Waals surface area contributed by atoms with Crippen LogP contribution in [-0.4, -0.2) is 51.4 Å². The molecule has 0 spiro atoms. The van der Waals surface area contributed by atoms with E-state index < -0.39 is 41.1 Å². The monoisotopic (exact) mass is 506 g/mol. The standard InChI is InChI=1S/C26H26N4O7/c1-26(2,3)37-25(35)30-19(24(33)34)11-12-28-23(32)21-22(31)17-10-9-16(13-18(17)20(14-27)29-21)36-15-7-5-4-6-8-15/h4-10,13,19,31H,11-12H2,1-3H3,(H,28,32)(H,30,35)(H,33,34). The van der Waals surface area contributed by atoms with Gasteiger partial charge in [0, 0.05) is 17.3 Å². The summed E-state index contributed by atoms with van der Waals surface area (Å²) in [6, 6.07) is 14.2. The molecule has 0 bridgehead atoms. The Balaban J connectivity index is 1.74. The van der Waals surface area contributed by atoms with Crippen LogP contribution in [0.5, 0.6) is 17.2 Å². The number of nitrogens with one attached hydrogen (secondary N) is 2. The molecule has 0 saturated carbocycles. The SMILES string of the molecule is CC(C)(C)OC(=O)NC(CCNC(=O)c1nc(C#N)c2cc(Oc3ccccc3)ccc2c1O)C(=O)O.